The van der Waals surface area contributed by atoms with Gasteiger partial charge in [-0.3, -0.25) is 4.40 Å². The molecule has 2 aromatic carbocycles. The Labute approximate surface area is 137 Å². The Balaban J connectivity index is 1.71. The second kappa shape index (κ2) is 4.99. The van der Waals surface area contributed by atoms with Gasteiger partial charge < -0.3 is 0 Å². The van der Waals surface area contributed by atoms with Gasteiger partial charge in [0.15, 0.2) is 0 Å². The number of aromatic nitrogens is 6. The molecule has 0 amide bonds. The summed E-state index contributed by atoms with van der Waals surface area (Å²) in [5.41, 5.74) is 5.11. The molecule has 6 nitrogen and oxygen atoms in total. The van der Waals surface area contributed by atoms with E-state index in [-0.39, 0.29) is 0 Å². The number of para-hydroxylation sites is 2. The highest BCUT2D eigenvalue weighted by Gasteiger charge is 2.10. The Morgan fingerprint density at radius 2 is 1.75 bits per heavy atom. The Kier molecular flexibility index (Phi) is 2.69. The van der Waals surface area contributed by atoms with Gasteiger partial charge in [-0.05, 0) is 35.9 Å². The van der Waals surface area contributed by atoms with Crippen molar-refractivity contribution in [3.8, 4) is 16.9 Å². The first kappa shape index (κ1) is 13.0. The summed E-state index contributed by atoms with van der Waals surface area (Å²) in [6.07, 6.45) is 5.00. The van der Waals surface area contributed by atoms with Gasteiger partial charge in [-0.2, -0.15) is 5.10 Å². The zero-order valence-electron chi connectivity index (χ0n) is 12.6. The number of imidazole rings is 1. The summed E-state index contributed by atoms with van der Waals surface area (Å²) in [5, 5.41) is 4.15. The summed E-state index contributed by atoms with van der Waals surface area (Å²) in [5.74, 6) is 0.703. The zero-order valence-corrected chi connectivity index (χ0v) is 12.6. The first-order chi connectivity index (χ1) is 11.9. The fourth-order valence-electron chi connectivity index (χ4n) is 2.94. The molecule has 0 N–H and O–H groups in total. The molecule has 6 heteroatoms. The van der Waals surface area contributed by atoms with E-state index in [1.54, 1.807) is 17.2 Å². The molecule has 0 saturated carbocycles. The topological polar surface area (TPSA) is 60.9 Å². The fraction of sp³-hybridized carbons (Fsp3) is 0. The lowest BCUT2D eigenvalue weighted by Gasteiger charge is -2.07. The Morgan fingerprint density at radius 1 is 0.875 bits per heavy atom. The van der Waals surface area contributed by atoms with Crippen molar-refractivity contribution < 1.29 is 0 Å². The molecule has 5 rings (SSSR count). The molecule has 114 valence electrons. The standard InChI is InChI=1S/C18H12N6/c1-2-4-17-15(3-1)22-18-20-10-9-16(24(17)18)13-5-7-14(8-6-13)23-12-19-11-21-23/h1-12H. The zero-order chi connectivity index (χ0) is 15.9. The molecule has 0 radical (unpaired) electrons. The van der Waals surface area contributed by atoms with E-state index in [1.165, 1.54) is 6.33 Å². The highest BCUT2D eigenvalue weighted by Crippen LogP contribution is 2.25. The van der Waals surface area contributed by atoms with Crippen molar-refractivity contribution in [2.45, 2.75) is 0 Å². The van der Waals surface area contributed by atoms with Crippen molar-refractivity contribution in [2.24, 2.45) is 0 Å². The first-order valence-electron chi connectivity index (χ1n) is 7.58. The molecule has 0 atom stereocenters. The van der Waals surface area contributed by atoms with Gasteiger partial charge in [-0.1, -0.05) is 24.3 Å². The van der Waals surface area contributed by atoms with E-state index in [2.05, 4.69) is 42.7 Å². The van der Waals surface area contributed by atoms with Crippen molar-refractivity contribution in [1.29, 1.82) is 0 Å². The second-order valence-corrected chi connectivity index (χ2v) is 5.45. The molecular formula is C18H12N6. The molecule has 24 heavy (non-hydrogen) atoms. The summed E-state index contributed by atoms with van der Waals surface area (Å²) >= 11 is 0. The maximum Gasteiger partial charge on any atom is 0.235 e. The molecule has 0 saturated heterocycles. The highest BCUT2D eigenvalue weighted by molar-refractivity contribution is 5.82. The van der Waals surface area contributed by atoms with E-state index in [0.29, 0.717) is 5.78 Å². The van der Waals surface area contributed by atoms with Crippen LogP contribution in [0.5, 0.6) is 0 Å². The third-order valence-electron chi connectivity index (χ3n) is 4.05. The monoisotopic (exact) mass is 312 g/mol. The van der Waals surface area contributed by atoms with Crippen LogP contribution in [0.15, 0.2) is 73.4 Å². The highest BCUT2D eigenvalue weighted by atomic mass is 15.3. The maximum atomic E-state index is 4.59. The minimum absolute atomic E-state index is 0.703. The summed E-state index contributed by atoms with van der Waals surface area (Å²) < 4.78 is 3.82. The number of fused-ring (bicyclic) bond motifs is 3. The van der Waals surface area contributed by atoms with Crippen LogP contribution in [0.2, 0.25) is 0 Å². The van der Waals surface area contributed by atoms with Gasteiger partial charge >= 0.3 is 0 Å². The van der Waals surface area contributed by atoms with Gasteiger partial charge in [0.2, 0.25) is 5.78 Å². The van der Waals surface area contributed by atoms with Crippen molar-refractivity contribution in [1.82, 2.24) is 29.1 Å². The molecule has 5 aromatic rings. The molecule has 0 bridgehead atoms. The summed E-state index contributed by atoms with van der Waals surface area (Å²) in [4.78, 5) is 13.0. The fourth-order valence-corrected chi connectivity index (χ4v) is 2.94. The average Bonchev–Trinajstić information content (AvgIpc) is 3.29. The summed E-state index contributed by atoms with van der Waals surface area (Å²) in [6, 6.07) is 18.3. The lowest BCUT2D eigenvalue weighted by atomic mass is 10.1. The van der Waals surface area contributed by atoms with Crippen LogP contribution < -0.4 is 0 Å². The Hall–Kier alpha value is -3.54. The molecule has 0 aliphatic rings. The maximum absolute atomic E-state index is 4.59. The minimum Gasteiger partial charge on any atom is -0.276 e. The second-order valence-electron chi connectivity index (χ2n) is 5.45. The van der Waals surface area contributed by atoms with E-state index in [0.717, 1.165) is 28.0 Å². The number of nitrogens with zero attached hydrogens (tertiary/aromatic N) is 6. The van der Waals surface area contributed by atoms with Gasteiger partial charge in [-0.25, -0.2) is 19.6 Å². The normalized spacial score (nSPS) is 11.3. The summed E-state index contributed by atoms with van der Waals surface area (Å²) in [6.45, 7) is 0. The minimum atomic E-state index is 0.703. The van der Waals surface area contributed by atoms with Gasteiger partial charge in [0, 0.05) is 6.20 Å². The van der Waals surface area contributed by atoms with E-state index < -0.39 is 0 Å². The van der Waals surface area contributed by atoms with Crippen molar-refractivity contribution in [3.63, 3.8) is 0 Å². The Bertz CT molecular complexity index is 1140. The van der Waals surface area contributed by atoms with Gasteiger partial charge in [0.25, 0.3) is 0 Å². The van der Waals surface area contributed by atoms with Crippen LogP contribution in [0.4, 0.5) is 0 Å². The lowest BCUT2D eigenvalue weighted by Crippen LogP contribution is -1.96. The largest absolute Gasteiger partial charge is 0.276 e. The van der Waals surface area contributed by atoms with Crippen LogP contribution in [0, 0.1) is 0 Å². The van der Waals surface area contributed by atoms with Gasteiger partial charge in [0.05, 0.1) is 22.4 Å². The Morgan fingerprint density at radius 3 is 2.58 bits per heavy atom. The summed E-state index contributed by atoms with van der Waals surface area (Å²) in [7, 11) is 0. The van der Waals surface area contributed by atoms with E-state index in [1.807, 2.05) is 36.4 Å². The average molecular weight is 312 g/mol. The SMILES string of the molecule is c1ccc2c(c1)nc1nccc(-c3ccc(-n4cncn4)cc3)n12. The van der Waals surface area contributed by atoms with Crippen LogP contribution in [-0.2, 0) is 0 Å². The number of rotatable bonds is 2. The predicted molar refractivity (Wildman–Crippen MR) is 90.8 cm³/mol. The van der Waals surface area contributed by atoms with Gasteiger partial charge in [-0.15, -0.1) is 0 Å². The number of hydrogen-bond donors (Lipinski definition) is 0. The number of hydrogen-bond acceptors (Lipinski definition) is 4. The molecule has 3 heterocycles. The van der Waals surface area contributed by atoms with Crippen molar-refractivity contribution >= 4 is 16.8 Å². The third-order valence-corrected chi connectivity index (χ3v) is 4.05. The van der Waals surface area contributed by atoms with Gasteiger partial charge in [0.1, 0.15) is 12.7 Å². The molecule has 0 spiro atoms. The van der Waals surface area contributed by atoms with Crippen LogP contribution in [0.1, 0.15) is 0 Å². The van der Waals surface area contributed by atoms with Crippen LogP contribution in [0.3, 0.4) is 0 Å². The smallest absolute Gasteiger partial charge is 0.235 e. The quantitative estimate of drug-likeness (QED) is 0.502. The molecule has 0 unspecified atom stereocenters. The molecule has 0 aliphatic heterocycles. The molecule has 0 aliphatic carbocycles. The van der Waals surface area contributed by atoms with Crippen LogP contribution in [0.25, 0.3) is 33.8 Å². The molecule has 0 fully saturated rings. The van der Waals surface area contributed by atoms with Crippen LogP contribution >= 0.6 is 0 Å². The number of benzene rings is 2. The third kappa shape index (κ3) is 1.90. The van der Waals surface area contributed by atoms with E-state index in [4.69, 9.17) is 0 Å². The van der Waals surface area contributed by atoms with E-state index in [9.17, 15) is 0 Å². The van der Waals surface area contributed by atoms with Crippen molar-refractivity contribution in [2.75, 3.05) is 0 Å². The van der Waals surface area contributed by atoms with Crippen LogP contribution in [-0.4, -0.2) is 29.1 Å². The van der Waals surface area contributed by atoms with E-state index >= 15 is 0 Å². The predicted octanol–water partition coefficient (Wildman–Crippen LogP) is 3.13. The molecular weight excluding hydrogens is 300 g/mol. The molecule has 3 aromatic heterocycles. The lowest BCUT2D eigenvalue weighted by molar-refractivity contribution is 0.879. The van der Waals surface area contributed by atoms with Crippen molar-refractivity contribution in [3.05, 3.63) is 73.4 Å². The first-order valence-corrected chi connectivity index (χ1v) is 7.58.